The van der Waals surface area contributed by atoms with E-state index in [2.05, 4.69) is 5.32 Å². The highest BCUT2D eigenvalue weighted by Crippen LogP contribution is 2.17. The molecular formula is C21H25FN2O4. The number of nitrogens with zero attached hydrogens (tertiary/aromatic N) is 1. The van der Waals surface area contributed by atoms with Crippen molar-refractivity contribution in [3.63, 3.8) is 0 Å². The smallest absolute Gasteiger partial charge is 0.257 e. The van der Waals surface area contributed by atoms with Crippen molar-refractivity contribution in [1.29, 1.82) is 0 Å². The van der Waals surface area contributed by atoms with E-state index in [9.17, 15) is 14.0 Å². The SMILES string of the molecule is Cc1occc1C(=O)N(CCC(=O)NCc1ccc(F)cc1)CC1CCCO1. The maximum atomic E-state index is 12.9. The van der Waals surface area contributed by atoms with Crippen LogP contribution in [0.2, 0.25) is 0 Å². The molecule has 0 aliphatic carbocycles. The zero-order valence-electron chi connectivity index (χ0n) is 15.9. The third-order valence-electron chi connectivity index (χ3n) is 4.84. The van der Waals surface area contributed by atoms with E-state index in [0.29, 0.717) is 37.6 Å². The quantitative estimate of drug-likeness (QED) is 0.755. The lowest BCUT2D eigenvalue weighted by atomic mass is 10.1. The van der Waals surface area contributed by atoms with Crippen LogP contribution in [0.1, 0.15) is 40.9 Å². The first-order valence-corrected chi connectivity index (χ1v) is 9.49. The van der Waals surface area contributed by atoms with Crippen LogP contribution in [0.3, 0.4) is 0 Å². The van der Waals surface area contributed by atoms with Gasteiger partial charge in [0.15, 0.2) is 0 Å². The van der Waals surface area contributed by atoms with E-state index in [1.54, 1.807) is 30.0 Å². The Morgan fingerprint density at radius 2 is 2.04 bits per heavy atom. The molecule has 0 radical (unpaired) electrons. The van der Waals surface area contributed by atoms with Crippen molar-refractivity contribution in [1.82, 2.24) is 10.2 Å². The van der Waals surface area contributed by atoms with Gasteiger partial charge in [-0.05, 0) is 43.5 Å². The predicted octanol–water partition coefficient (Wildman–Crippen LogP) is 3.05. The molecule has 1 aliphatic rings. The largest absolute Gasteiger partial charge is 0.469 e. The number of halogens is 1. The molecule has 2 heterocycles. The highest BCUT2D eigenvalue weighted by Gasteiger charge is 2.25. The number of furan rings is 1. The van der Waals surface area contributed by atoms with Crippen LogP contribution in [0.5, 0.6) is 0 Å². The molecule has 1 atom stereocenters. The normalized spacial score (nSPS) is 16.1. The Morgan fingerprint density at radius 1 is 1.25 bits per heavy atom. The molecule has 1 N–H and O–H groups in total. The van der Waals surface area contributed by atoms with Crippen LogP contribution >= 0.6 is 0 Å². The van der Waals surface area contributed by atoms with Gasteiger partial charge in [-0.2, -0.15) is 0 Å². The minimum absolute atomic E-state index is 0.00145. The molecule has 7 heteroatoms. The summed E-state index contributed by atoms with van der Waals surface area (Å²) < 4.78 is 23.8. The second kappa shape index (κ2) is 9.50. The van der Waals surface area contributed by atoms with Crippen molar-refractivity contribution in [3.8, 4) is 0 Å². The molecular weight excluding hydrogens is 363 g/mol. The Bertz CT molecular complexity index is 797. The summed E-state index contributed by atoms with van der Waals surface area (Å²) >= 11 is 0. The Labute approximate surface area is 163 Å². The molecule has 0 bridgehead atoms. The van der Waals surface area contributed by atoms with E-state index in [-0.39, 0.29) is 30.2 Å². The molecule has 2 amide bonds. The average molecular weight is 388 g/mol. The molecule has 28 heavy (non-hydrogen) atoms. The Hall–Kier alpha value is -2.67. The molecule has 1 aromatic carbocycles. The van der Waals surface area contributed by atoms with Crippen LogP contribution in [0.25, 0.3) is 0 Å². The van der Waals surface area contributed by atoms with Crippen molar-refractivity contribution >= 4 is 11.8 Å². The molecule has 1 aliphatic heterocycles. The molecule has 2 aromatic rings. The molecule has 1 aromatic heterocycles. The fourth-order valence-electron chi connectivity index (χ4n) is 3.21. The lowest BCUT2D eigenvalue weighted by Gasteiger charge is -2.25. The van der Waals surface area contributed by atoms with Crippen molar-refractivity contribution in [2.75, 3.05) is 19.7 Å². The fraction of sp³-hybridized carbons (Fsp3) is 0.429. The van der Waals surface area contributed by atoms with Crippen molar-refractivity contribution in [2.45, 2.75) is 38.8 Å². The number of nitrogens with one attached hydrogen (secondary N) is 1. The van der Waals surface area contributed by atoms with E-state index >= 15 is 0 Å². The summed E-state index contributed by atoms with van der Waals surface area (Å²) in [7, 11) is 0. The molecule has 0 spiro atoms. The van der Waals surface area contributed by atoms with Gasteiger partial charge >= 0.3 is 0 Å². The molecule has 150 valence electrons. The Balaban J connectivity index is 1.55. The fourth-order valence-corrected chi connectivity index (χ4v) is 3.21. The standard InChI is InChI=1S/C21H25FN2O4/c1-15-19(9-12-27-15)21(26)24(14-18-3-2-11-28-18)10-8-20(25)23-13-16-4-6-17(22)7-5-16/h4-7,9,12,18H,2-3,8,10-11,13-14H2,1H3,(H,23,25). The average Bonchev–Trinajstić information content (AvgIpc) is 3.35. The van der Waals surface area contributed by atoms with Crippen molar-refractivity contribution < 1.29 is 23.1 Å². The molecule has 3 rings (SSSR count). The zero-order valence-corrected chi connectivity index (χ0v) is 15.9. The number of ether oxygens (including phenoxy) is 1. The van der Waals surface area contributed by atoms with Crippen LogP contribution in [-0.4, -0.2) is 42.5 Å². The Morgan fingerprint density at radius 3 is 2.68 bits per heavy atom. The summed E-state index contributed by atoms with van der Waals surface area (Å²) in [4.78, 5) is 26.8. The first kappa shape index (κ1) is 20.1. The van der Waals surface area contributed by atoms with Crippen LogP contribution in [-0.2, 0) is 16.1 Å². The molecule has 1 saturated heterocycles. The number of benzene rings is 1. The first-order chi connectivity index (χ1) is 13.5. The molecule has 1 fully saturated rings. The number of hydrogen-bond donors (Lipinski definition) is 1. The van der Waals surface area contributed by atoms with Gasteiger partial charge in [0.2, 0.25) is 5.91 Å². The number of amides is 2. The van der Waals surface area contributed by atoms with Gasteiger partial charge in [-0.3, -0.25) is 9.59 Å². The summed E-state index contributed by atoms with van der Waals surface area (Å²) in [5, 5.41) is 2.80. The summed E-state index contributed by atoms with van der Waals surface area (Å²) in [5.74, 6) is -0.0810. The summed E-state index contributed by atoms with van der Waals surface area (Å²) in [6.45, 7) is 3.51. The van der Waals surface area contributed by atoms with Crippen LogP contribution in [0, 0.1) is 12.7 Å². The summed E-state index contributed by atoms with van der Waals surface area (Å²) in [6, 6.07) is 7.62. The summed E-state index contributed by atoms with van der Waals surface area (Å²) in [5.41, 5.74) is 1.32. The summed E-state index contributed by atoms with van der Waals surface area (Å²) in [6.07, 6.45) is 3.55. The highest BCUT2D eigenvalue weighted by molar-refractivity contribution is 5.95. The topological polar surface area (TPSA) is 71.8 Å². The third-order valence-corrected chi connectivity index (χ3v) is 4.84. The van der Waals surface area contributed by atoms with E-state index in [1.165, 1.54) is 18.4 Å². The number of carbonyl (C=O) groups excluding carboxylic acids is 2. The maximum absolute atomic E-state index is 12.9. The minimum atomic E-state index is -0.312. The lowest BCUT2D eigenvalue weighted by Crippen LogP contribution is -2.40. The second-order valence-electron chi connectivity index (χ2n) is 6.93. The zero-order chi connectivity index (χ0) is 19.9. The number of aryl methyl sites for hydroxylation is 1. The predicted molar refractivity (Wildman–Crippen MR) is 101 cm³/mol. The number of hydrogen-bond acceptors (Lipinski definition) is 4. The van der Waals surface area contributed by atoms with Gasteiger partial charge in [0, 0.05) is 32.7 Å². The van der Waals surface area contributed by atoms with E-state index in [1.807, 2.05) is 0 Å². The number of carbonyl (C=O) groups is 2. The minimum Gasteiger partial charge on any atom is -0.469 e. The van der Waals surface area contributed by atoms with Gasteiger partial charge < -0.3 is 19.4 Å². The van der Waals surface area contributed by atoms with Gasteiger partial charge in [0.25, 0.3) is 5.91 Å². The van der Waals surface area contributed by atoms with Crippen LogP contribution in [0.15, 0.2) is 41.0 Å². The van der Waals surface area contributed by atoms with Gasteiger partial charge in [-0.25, -0.2) is 4.39 Å². The van der Waals surface area contributed by atoms with Crippen molar-refractivity contribution in [2.24, 2.45) is 0 Å². The van der Waals surface area contributed by atoms with E-state index < -0.39 is 0 Å². The van der Waals surface area contributed by atoms with Gasteiger partial charge in [0.05, 0.1) is 17.9 Å². The van der Waals surface area contributed by atoms with Crippen LogP contribution in [0.4, 0.5) is 4.39 Å². The Kier molecular flexibility index (Phi) is 6.81. The van der Waals surface area contributed by atoms with E-state index in [4.69, 9.17) is 9.15 Å². The molecule has 1 unspecified atom stereocenters. The van der Waals surface area contributed by atoms with E-state index in [0.717, 1.165) is 18.4 Å². The number of rotatable bonds is 8. The van der Waals surface area contributed by atoms with Crippen molar-refractivity contribution in [3.05, 3.63) is 59.3 Å². The van der Waals surface area contributed by atoms with Crippen LogP contribution < -0.4 is 5.32 Å². The second-order valence-corrected chi connectivity index (χ2v) is 6.93. The molecule has 6 nitrogen and oxygen atoms in total. The van der Waals surface area contributed by atoms with Gasteiger partial charge in [-0.1, -0.05) is 12.1 Å². The van der Waals surface area contributed by atoms with Gasteiger partial charge in [0.1, 0.15) is 11.6 Å². The first-order valence-electron chi connectivity index (χ1n) is 9.49. The highest BCUT2D eigenvalue weighted by atomic mass is 19.1. The lowest BCUT2D eigenvalue weighted by molar-refractivity contribution is -0.121. The monoisotopic (exact) mass is 388 g/mol. The maximum Gasteiger partial charge on any atom is 0.257 e. The van der Waals surface area contributed by atoms with Gasteiger partial charge in [-0.15, -0.1) is 0 Å². The third kappa shape index (κ3) is 5.42. The molecule has 0 saturated carbocycles.